The summed E-state index contributed by atoms with van der Waals surface area (Å²) in [6.45, 7) is 2.11. The fraction of sp³-hybridized carbons (Fsp3) is 0.0811. The number of rotatable bonds is 9. The van der Waals surface area contributed by atoms with E-state index in [1.54, 1.807) is 14.2 Å². The first-order valence-electron chi connectivity index (χ1n) is 13.3. The third-order valence-electron chi connectivity index (χ3n) is 6.72. The second kappa shape index (κ2) is 12.7. The summed E-state index contributed by atoms with van der Waals surface area (Å²) in [5.41, 5.74) is 9.02. The topological polar surface area (TPSA) is 21.7 Å². The summed E-state index contributed by atoms with van der Waals surface area (Å²) in [5, 5.41) is 0. The fourth-order valence-electron chi connectivity index (χ4n) is 4.49. The molecule has 0 aromatic heterocycles. The van der Waals surface area contributed by atoms with Crippen molar-refractivity contribution in [2.75, 3.05) is 19.1 Å². The Morgan fingerprint density at radius 1 is 0.450 bits per heavy atom. The van der Waals surface area contributed by atoms with Crippen molar-refractivity contribution in [1.82, 2.24) is 0 Å². The quantitative estimate of drug-likeness (QED) is 0.179. The first kappa shape index (κ1) is 26.6. The van der Waals surface area contributed by atoms with Gasteiger partial charge in [-0.05, 0) is 89.8 Å². The summed E-state index contributed by atoms with van der Waals surface area (Å²) in [6.07, 6.45) is 8.45. The Kier molecular flexibility index (Phi) is 8.43. The maximum Gasteiger partial charge on any atom is 0.119 e. The van der Waals surface area contributed by atoms with E-state index in [1.165, 1.54) is 5.56 Å². The molecule has 0 fully saturated rings. The Morgan fingerprint density at radius 3 is 1.23 bits per heavy atom. The Hall–Kier alpha value is -5.02. The van der Waals surface area contributed by atoms with Crippen LogP contribution in [0.5, 0.6) is 11.5 Å². The highest BCUT2D eigenvalue weighted by atomic mass is 16.5. The molecule has 0 unspecified atom stereocenters. The van der Waals surface area contributed by atoms with Crippen LogP contribution in [0.1, 0.15) is 27.8 Å². The average Bonchev–Trinajstić information content (AvgIpc) is 3.01. The van der Waals surface area contributed by atoms with E-state index in [1.807, 2.05) is 36.4 Å². The van der Waals surface area contributed by atoms with Crippen LogP contribution >= 0.6 is 0 Å². The van der Waals surface area contributed by atoms with Gasteiger partial charge in [0.15, 0.2) is 0 Å². The van der Waals surface area contributed by atoms with Crippen molar-refractivity contribution in [2.45, 2.75) is 6.92 Å². The summed E-state index contributed by atoms with van der Waals surface area (Å²) < 4.78 is 10.7. The van der Waals surface area contributed by atoms with Crippen molar-refractivity contribution in [2.24, 2.45) is 0 Å². The lowest BCUT2D eigenvalue weighted by Crippen LogP contribution is -2.09. The van der Waals surface area contributed by atoms with Gasteiger partial charge in [0.2, 0.25) is 0 Å². The molecule has 0 heterocycles. The lowest BCUT2D eigenvalue weighted by molar-refractivity contribution is 0.414. The molecular formula is C37H33NO2. The first-order valence-corrected chi connectivity index (χ1v) is 13.3. The maximum absolute atomic E-state index is 5.34. The minimum Gasteiger partial charge on any atom is -0.497 e. The zero-order chi connectivity index (χ0) is 27.7. The SMILES string of the molecule is COc1cccc(C=Cc2ccc(N(c3ccc(C)cc3)c3ccc(C=Cc4cccc(OC)c4)cc3)cc2)c1. The normalized spacial score (nSPS) is 11.2. The van der Waals surface area contributed by atoms with Crippen molar-refractivity contribution >= 4 is 41.4 Å². The molecule has 3 nitrogen and oxygen atoms in total. The van der Waals surface area contributed by atoms with Crippen LogP contribution in [0.2, 0.25) is 0 Å². The maximum atomic E-state index is 5.34. The van der Waals surface area contributed by atoms with Gasteiger partial charge >= 0.3 is 0 Å². The molecule has 0 aliphatic carbocycles. The van der Waals surface area contributed by atoms with Crippen molar-refractivity contribution < 1.29 is 9.47 Å². The molecule has 0 aliphatic heterocycles. The molecule has 5 aromatic rings. The van der Waals surface area contributed by atoms with E-state index in [2.05, 4.69) is 121 Å². The van der Waals surface area contributed by atoms with Gasteiger partial charge in [-0.3, -0.25) is 0 Å². The van der Waals surface area contributed by atoms with Crippen LogP contribution in [0.3, 0.4) is 0 Å². The second-order valence-electron chi connectivity index (χ2n) is 9.57. The summed E-state index contributed by atoms with van der Waals surface area (Å²) in [6, 6.07) is 42.0. The monoisotopic (exact) mass is 523 g/mol. The molecule has 5 rings (SSSR count). The standard InChI is InChI=1S/C37H33NO2/c1-28-10-20-33(21-11-28)38(34-22-16-29(17-23-34)12-14-31-6-4-8-36(26-31)39-2)35-24-18-30(19-25-35)13-15-32-7-5-9-37(27-32)40-3/h4-27H,1-3H3. The van der Waals surface area contributed by atoms with Crippen LogP contribution in [-0.4, -0.2) is 14.2 Å². The lowest BCUT2D eigenvalue weighted by atomic mass is 10.1. The van der Waals surface area contributed by atoms with Crippen LogP contribution in [0, 0.1) is 6.92 Å². The van der Waals surface area contributed by atoms with Gasteiger partial charge in [0.05, 0.1) is 14.2 Å². The van der Waals surface area contributed by atoms with Crippen LogP contribution in [0.4, 0.5) is 17.1 Å². The molecule has 40 heavy (non-hydrogen) atoms. The molecule has 0 N–H and O–H groups in total. The van der Waals surface area contributed by atoms with E-state index in [4.69, 9.17) is 9.47 Å². The van der Waals surface area contributed by atoms with Gasteiger partial charge in [-0.2, -0.15) is 0 Å². The fourth-order valence-corrected chi connectivity index (χ4v) is 4.49. The average molecular weight is 524 g/mol. The lowest BCUT2D eigenvalue weighted by Gasteiger charge is -2.26. The number of nitrogens with zero attached hydrogens (tertiary/aromatic N) is 1. The van der Waals surface area contributed by atoms with Gasteiger partial charge in [-0.25, -0.2) is 0 Å². The van der Waals surface area contributed by atoms with Crippen LogP contribution in [0.15, 0.2) is 121 Å². The number of benzene rings is 5. The van der Waals surface area contributed by atoms with Gasteiger partial charge in [0.25, 0.3) is 0 Å². The van der Waals surface area contributed by atoms with Gasteiger partial charge in [0, 0.05) is 17.1 Å². The Labute approximate surface area is 237 Å². The molecule has 0 saturated heterocycles. The molecule has 0 bridgehead atoms. The Balaban J connectivity index is 1.39. The number of ether oxygens (including phenoxy) is 2. The van der Waals surface area contributed by atoms with Crippen LogP contribution in [-0.2, 0) is 0 Å². The molecule has 198 valence electrons. The molecular weight excluding hydrogens is 490 g/mol. The third-order valence-corrected chi connectivity index (χ3v) is 6.72. The van der Waals surface area contributed by atoms with Crippen molar-refractivity contribution in [1.29, 1.82) is 0 Å². The summed E-state index contributed by atoms with van der Waals surface area (Å²) >= 11 is 0. The number of aryl methyl sites for hydroxylation is 1. The van der Waals surface area contributed by atoms with E-state index in [0.29, 0.717) is 0 Å². The predicted molar refractivity (Wildman–Crippen MR) is 170 cm³/mol. The van der Waals surface area contributed by atoms with Gasteiger partial charge < -0.3 is 14.4 Å². The van der Waals surface area contributed by atoms with Crippen molar-refractivity contribution in [3.8, 4) is 11.5 Å². The minimum absolute atomic E-state index is 0.855. The highest BCUT2D eigenvalue weighted by molar-refractivity contribution is 5.79. The van der Waals surface area contributed by atoms with E-state index >= 15 is 0 Å². The highest BCUT2D eigenvalue weighted by Gasteiger charge is 2.12. The predicted octanol–water partition coefficient (Wildman–Crippen LogP) is 9.82. The highest BCUT2D eigenvalue weighted by Crippen LogP contribution is 2.35. The molecule has 0 spiro atoms. The summed E-state index contributed by atoms with van der Waals surface area (Å²) in [5.74, 6) is 1.71. The van der Waals surface area contributed by atoms with Crippen molar-refractivity contribution in [3.05, 3.63) is 149 Å². The smallest absolute Gasteiger partial charge is 0.119 e. The molecule has 0 atom stereocenters. The number of hydrogen-bond acceptors (Lipinski definition) is 3. The number of methoxy groups -OCH3 is 2. The zero-order valence-corrected chi connectivity index (χ0v) is 23.1. The second-order valence-corrected chi connectivity index (χ2v) is 9.57. The first-order chi connectivity index (χ1) is 19.6. The summed E-state index contributed by atoms with van der Waals surface area (Å²) in [4.78, 5) is 2.28. The number of hydrogen-bond donors (Lipinski definition) is 0. The van der Waals surface area contributed by atoms with Gasteiger partial charge in [-0.1, -0.05) is 90.5 Å². The van der Waals surface area contributed by atoms with E-state index < -0.39 is 0 Å². The largest absolute Gasteiger partial charge is 0.497 e. The van der Waals surface area contributed by atoms with Crippen LogP contribution < -0.4 is 14.4 Å². The minimum atomic E-state index is 0.855. The van der Waals surface area contributed by atoms with Crippen LogP contribution in [0.25, 0.3) is 24.3 Å². The zero-order valence-electron chi connectivity index (χ0n) is 23.1. The third kappa shape index (κ3) is 6.69. The van der Waals surface area contributed by atoms with Gasteiger partial charge in [-0.15, -0.1) is 0 Å². The molecule has 0 radical (unpaired) electrons. The molecule has 0 amide bonds. The van der Waals surface area contributed by atoms with E-state index in [-0.39, 0.29) is 0 Å². The molecule has 0 saturated carbocycles. The van der Waals surface area contributed by atoms with Gasteiger partial charge in [0.1, 0.15) is 11.5 Å². The number of anilines is 3. The van der Waals surface area contributed by atoms with Crippen molar-refractivity contribution in [3.63, 3.8) is 0 Å². The molecule has 5 aromatic carbocycles. The summed E-state index contributed by atoms with van der Waals surface area (Å²) in [7, 11) is 3.38. The molecule has 3 heteroatoms. The van der Waals surface area contributed by atoms with E-state index in [9.17, 15) is 0 Å². The van der Waals surface area contributed by atoms with E-state index in [0.717, 1.165) is 50.8 Å². The molecule has 0 aliphatic rings. The Bertz CT molecular complexity index is 1500. The Morgan fingerprint density at radius 2 is 0.825 bits per heavy atom.